The fourth-order valence-corrected chi connectivity index (χ4v) is 3.07. The first-order valence-electron chi connectivity index (χ1n) is 10.2. The molecule has 0 aliphatic rings. The third-order valence-electron chi connectivity index (χ3n) is 4.60. The van der Waals surface area contributed by atoms with E-state index in [1.54, 1.807) is 67.6 Å². The molecule has 0 fully saturated rings. The molecular weight excluding hydrogens is 438 g/mol. The molecule has 0 aromatic heterocycles. The summed E-state index contributed by atoms with van der Waals surface area (Å²) >= 11 is 5.19. The van der Waals surface area contributed by atoms with Gasteiger partial charge >= 0.3 is 5.97 Å². The first-order chi connectivity index (χ1) is 15.9. The maximum absolute atomic E-state index is 12.5. The van der Waals surface area contributed by atoms with Crippen molar-refractivity contribution in [2.75, 3.05) is 17.2 Å². The minimum Gasteiger partial charge on any atom is -0.462 e. The fraction of sp³-hybridized carbons (Fsp3) is 0.120. The zero-order valence-electron chi connectivity index (χ0n) is 18.2. The van der Waals surface area contributed by atoms with E-state index in [2.05, 4.69) is 16.0 Å². The molecule has 168 valence electrons. The Hall–Kier alpha value is -4.04. The van der Waals surface area contributed by atoms with Crippen molar-refractivity contribution in [3.8, 4) is 0 Å². The molecule has 8 heteroatoms. The molecule has 33 heavy (non-hydrogen) atoms. The molecule has 2 amide bonds. The third kappa shape index (κ3) is 6.72. The van der Waals surface area contributed by atoms with Gasteiger partial charge in [-0.05, 0) is 86.7 Å². The maximum Gasteiger partial charge on any atom is 0.338 e. The highest BCUT2D eigenvalue weighted by molar-refractivity contribution is 7.80. The van der Waals surface area contributed by atoms with Gasteiger partial charge in [-0.2, -0.15) is 0 Å². The number of nitrogens with one attached hydrogen (secondary N) is 3. The molecule has 0 bridgehead atoms. The van der Waals surface area contributed by atoms with Gasteiger partial charge in [-0.15, -0.1) is 0 Å². The standard InChI is InChI=1S/C25H23N3O4S/c1-3-32-24(31)19-10-14-21(15-11-19)27-25(33)28-23(30)18-8-12-20(13-9-18)26-22(29)17-6-4-16(2)5-7-17/h4-15H,3H2,1-2H3,(H,26,29)(H2,27,28,30,33). The highest BCUT2D eigenvalue weighted by Crippen LogP contribution is 2.13. The van der Waals surface area contributed by atoms with Crippen LogP contribution in [0.4, 0.5) is 11.4 Å². The molecule has 7 nitrogen and oxygen atoms in total. The van der Waals surface area contributed by atoms with Crippen molar-refractivity contribution < 1.29 is 19.1 Å². The molecule has 3 rings (SSSR count). The Labute approximate surface area is 197 Å². The van der Waals surface area contributed by atoms with Gasteiger partial charge in [0.1, 0.15) is 0 Å². The topological polar surface area (TPSA) is 96.5 Å². The molecule has 3 aromatic carbocycles. The van der Waals surface area contributed by atoms with E-state index >= 15 is 0 Å². The normalized spacial score (nSPS) is 10.1. The van der Waals surface area contributed by atoms with Crippen LogP contribution in [0.25, 0.3) is 0 Å². The smallest absolute Gasteiger partial charge is 0.338 e. The fourth-order valence-electron chi connectivity index (χ4n) is 2.85. The Kier molecular flexibility index (Phi) is 7.88. The van der Waals surface area contributed by atoms with Gasteiger partial charge in [0.05, 0.1) is 12.2 Å². The van der Waals surface area contributed by atoms with Crippen molar-refractivity contribution in [2.45, 2.75) is 13.8 Å². The summed E-state index contributed by atoms with van der Waals surface area (Å²) in [4.78, 5) is 36.5. The van der Waals surface area contributed by atoms with Crippen LogP contribution in [0.3, 0.4) is 0 Å². The summed E-state index contributed by atoms with van der Waals surface area (Å²) in [7, 11) is 0. The SMILES string of the molecule is CCOC(=O)c1ccc(NC(=S)NC(=O)c2ccc(NC(=O)c3ccc(C)cc3)cc2)cc1. The molecule has 3 N–H and O–H groups in total. The minimum atomic E-state index is -0.404. The van der Waals surface area contributed by atoms with Gasteiger partial charge in [-0.3, -0.25) is 14.9 Å². The molecule has 0 atom stereocenters. The van der Waals surface area contributed by atoms with E-state index in [9.17, 15) is 14.4 Å². The second-order valence-corrected chi connectivity index (χ2v) is 7.51. The Morgan fingerprint density at radius 3 is 1.79 bits per heavy atom. The van der Waals surface area contributed by atoms with Crippen molar-refractivity contribution in [1.29, 1.82) is 0 Å². The third-order valence-corrected chi connectivity index (χ3v) is 4.80. The van der Waals surface area contributed by atoms with Gasteiger partial charge < -0.3 is 15.4 Å². The lowest BCUT2D eigenvalue weighted by molar-refractivity contribution is 0.0526. The van der Waals surface area contributed by atoms with Crippen LogP contribution in [-0.4, -0.2) is 29.5 Å². The van der Waals surface area contributed by atoms with E-state index in [1.807, 2.05) is 19.1 Å². The second-order valence-electron chi connectivity index (χ2n) is 7.10. The molecule has 0 saturated carbocycles. The van der Waals surface area contributed by atoms with Crippen LogP contribution in [0.5, 0.6) is 0 Å². The Morgan fingerprint density at radius 1 is 0.727 bits per heavy atom. The van der Waals surface area contributed by atoms with E-state index in [0.717, 1.165) is 5.56 Å². The van der Waals surface area contributed by atoms with Gasteiger partial charge in [0, 0.05) is 22.5 Å². The summed E-state index contributed by atoms with van der Waals surface area (Å²) in [5, 5.41) is 8.39. The van der Waals surface area contributed by atoms with Crippen molar-refractivity contribution in [2.24, 2.45) is 0 Å². The van der Waals surface area contributed by atoms with Crippen molar-refractivity contribution in [1.82, 2.24) is 5.32 Å². The number of hydrogen-bond acceptors (Lipinski definition) is 5. The van der Waals surface area contributed by atoms with Crippen LogP contribution in [0, 0.1) is 6.92 Å². The van der Waals surface area contributed by atoms with E-state index in [4.69, 9.17) is 17.0 Å². The van der Waals surface area contributed by atoms with Gasteiger partial charge in [0.15, 0.2) is 5.11 Å². The monoisotopic (exact) mass is 461 g/mol. The highest BCUT2D eigenvalue weighted by Gasteiger charge is 2.11. The Bertz CT molecular complexity index is 1160. The number of amides is 2. The molecule has 0 heterocycles. The van der Waals surface area contributed by atoms with Crippen molar-refractivity contribution in [3.63, 3.8) is 0 Å². The van der Waals surface area contributed by atoms with Crippen LogP contribution in [0.2, 0.25) is 0 Å². The zero-order chi connectivity index (χ0) is 23.8. The number of hydrogen-bond donors (Lipinski definition) is 3. The van der Waals surface area contributed by atoms with Crippen LogP contribution in [-0.2, 0) is 4.74 Å². The number of carbonyl (C=O) groups excluding carboxylic acids is 3. The summed E-state index contributed by atoms with van der Waals surface area (Å²) < 4.78 is 4.94. The summed E-state index contributed by atoms with van der Waals surface area (Å²) in [6, 6.07) is 20.3. The number of carbonyl (C=O) groups is 3. The number of benzene rings is 3. The van der Waals surface area contributed by atoms with Crippen LogP contribution < -0.4 is 16.0 Å². The molecule has 0 radical (unpaired) electrons. The lowest BCUT2D eigenvalue weighted by Gasteiger charge is -2.11. The maximum atomic E-state index is 12.5. The molecule has 0 unspecified atom stereocenters. The van der Waals surface area contributed by atoms with E-state index in [1.165, 1.54) is 0 Å². The first-order valence-corrected chi connectivity index (χ1v) is 10.6. The Balaban J connectivity index is 1.53. The highest BCUT2D eigenvalue weighted by atomic mass is 32.1. The average Bonchev–Trinajstić information content (AvgIpc) is 2.80. The Morgan fingerprint density at radius 2 is 1.21 bits per heavy atom. The lowest BCUT2D eigenvalue weighted by atomic mass is 10.1. The number of rotatable bonds is 6. The molecule has 0 spiro atoms. The van der Waals surface area contributed by atoms with Crippen LogP contribution in [0.1, 0.15) is 43.6 Å². The minimum absolute atomic E-state index is 0.112. The molecule has 3 aromatic rings. The summed E-state index contributed by atoms with van der Waals surface area (Å²) in [5.74, 6) is -1.03. The van der Waals surface area contributed by atoms with E-state index < -0.39 is 11.9 Å². The molecule has 0 aliphatic carbocycles. The predicted molar refractivity (Wildman–Crippen MR) is 132 cm³/mol. The van der Waals surface area contributed by atoms with Gasteiger partial charge in [0.2, 0.25) is 0 Å². The second kappa shape index (κ2) is 11.0. The van der Waals surface area contributed by atoms with Gasteiger partial charge in [0.25, 0.3) is 11.8 Å². The number of thiocarbonyl (C=S) groups is 1. The first kappa shape index (κ1) is 23.6. The van der Waals surface area contributed by atoms with Crippen LogP contribution in [0.15, 0.2) is 72.8 Å². The predicted octanol–water partition coefficient (Wildman–Crippen LogP) is 4.55. The van der Waals surface area contributed by atoms with Crippen molar-refractivity contribution in [3.05, 3.63) is 95.1 Å². The number of aryl methyl sites for hydroxylation is 1. The van der Waals surface area contributed by atoms with Crippen molar-refractivity contribution >= 4 is 46.5 Å². The van der Waals surface area contributed by atoms with Crippen LogP contribution >= 0.6 is 12.2 Å². The van der Waals surface area contributed by atoms with E-state index in [0.29, 0.717) is 34.7 Å². The van der Waals surface area contributed by atoms with E-state index in [-0.39, 0.29) is 11.0 Å². The molecule has 0 aliphatic heterocycles. The number of anilines is 2. The molecular formula is C25H23N3O4S. The summed E-state index contributed by atoms with van der Waals surface area (Å²) in [5.41, 5.74) is 3.61. The number of ether oxygens (including phenoxy) is 1. The summed E-state index contributed by atoms with van der Waals surface area (Å²) in [6.45, 7) is 3.99. The average molecular weight is 462 g/mol. The van der Waals surface area contributed by atoms with Gasteiger partial charge in [-0.25, -0.2) is 4.79 Å². The summed E-state index contributed by atoms with van der Waals surface area (Å²) in [6.07, 6.45) is 0. The number of esters is 1. The largest absolute Gasteiger partial charge is 0.462 e. The van der Waals surface area contributed by atoms with Gasteiger partial charge in [-0.1, -0.05) is 17.7 Å². The molecule has 0 saturated heterocycles. The zero-order valence-corrected chi connectivity index (χ0v) is 19.0. The lowest BCUT2D eigenvalue weighted by Crippen LogP contribution is -2.34. The quantitative estimate of drug-likeness (QED) is 0.368.